The van der Waals surface area contributed by atoms with E-state index in [1.54, 1.807) is 25.1 Å². The molecule has 0 aromatic heterocycles. The van der Waals surface area contributed by atoms with Crippen LogP contribution < -0.4 is 14.8 Å². The first-order valence-corrected chi connectivity index (χ1v) is 8.57. The SMILES string of the molecule is CCOc1cc(C(=O)O[C@@H](C)C(=O)Nc2cccc(C#N)c2)ccc1OC(F)F. The molecule has 2 aromatic rings. The second-order valence-corrected chi connectivity index (χ2v) is 5.70. The van der Waals surface area contributed by atoms with E-state index in [-0.39, 0.29) is 23.7 Å². The number of nitrogens with zero attached hydrogens (tertiary/aromatic N) is 1. The van der Waals surface area contributed by atoms with Gasteiger partial charge < -0.3 is 19.5 Å². The number of nitrogens with one attached hydrogen (secondary N) is 1. The van der Waals surface area contributed by atoms with E-state index in [1.165, 1.54) is 25.1 Å². The highest BCUT2D eigenvalue weighted by atomic mass is 19.3. The number of ether oxygens (including phenoxy) is 3. The minimum absolute atomic E-state index is 0.00111. The number of carbonyl (C=O) groups is 2. The molecule has 0 radical (unpaired) electrons. The maximum Gasteiger partial charge on any atom is 0.387 e. The van der Waals surface area contributed by atoms with E-state index < -0.39 is 24.6 Å². The van der Waals surface area contributed by atoms with Gasteiger partial charge in [-0.05, 0) is 50.2 Å². The summed E-state index contributed by atoms with van der Waals surface area (Å²) in [5, 5.41) is 11.4. The van der Waals surface area contributed by atoms with Crippen LogP contribution in [0.2, 0.25) is 0 Å². The smallest absolute Gasteiger partial charge is 0.387 e. The molecule has 0 spiro atoms. The molecule has 7 nitrogen and oxygen atoms in total. The minimum atomic E-state index is -3.05. The van der Waals surface area contributed by atoms with Crippen LogP contribution in [0.5, 0.6) is 11.5 Å². The lowest BCUT2D eigenvalue weighted by Gasteiger charge is -2.15. The van der Waals surface area contributed by atoms with E-state index in [0.717, 1.165) is 6.07 Å². The van der Waals surface area contributed by atoms with Crippen molar-refractivity contribution in [3.63, 3.8) is 0 Å². The summed E-state index contributed by atoms with van der Waals surface area (Å²) in [6.07, 6.45) is -1.15. The number of amides is 1. The molecule has 0 fully saturated rings. The quantitative estimate of drug-likeness (QED) is 0.673. The van der Waals surface area contributed by atoms with Crippen molar-refractivity contribution < 1.29 is 32.6 Å². The standard InChI is InChI=1S/C20H18F2N2O5/c1-3-27-17-10-14(7-8-16(17)29-20(21)22)19(26)28-12(2)18(25)24-15-6-4-5-13(9-15)11-23/h4-10,12,20H,3H2,1-2H3,(H,24,25)/t12-/m0/s1. The van der Waals surface area contributed by atoms with Gasteiger partial charge in [-0.15, -0.1) is 0 Å². The Labute approximate surface area is 165 Å². The van der Waals surface area contributed by atoms with E-state index in [4.69, 9.17) is 14.7 Å². The molecule has 0 heterocycles. The average Bonchev–Trinajstić information content (AvgIpc) is 2.69. The van der Waals surface area contributed by atoms with Crippen molar-refractivity contribution in [3.05, 3.63) is 53.6 Å². The van der Waals surface area contributed by atoms with Gasteiger partial charge in [0.25, 0.3) is 5.91 Å². The fourth-order valence-corrected chi connectivity index (χ4v) is 2.29. The summed E-state index contributed by atoms with van der Waals surface area (Å²) >= 11 is 0. The molecule has 0 aliphatic heterocycles. The summed E-state index contributed by atoms with van der Waals surface area (Å²) in [4.78, 5) is 24.5. The van der Waals surface area contributed by atoms with Gasteiger partial charge in [-0.3, -0.25) is 4.79 Å². The summed E-state index contributed by atoms with van der Waals surface area (Å²) in [5.41, 5.74) is 0.743. The topological polar surface area (TPSA) is 97.6 Å². The second-order valence-electron chi connectivity index (χ2n) is 5.70. The number of halogens is 2. The zero-order valence-electron chi connectivity index (χ0n) is 15.6. The van der Waals surface area contributed by atoms with Gasteiger partial charge >= 0.3 is 12.6 Å². The Balaban J connectivity index is 2.07. The van der Waals surface area contributed by atoms with Gasteiger partial charge in [-0.2, -0.15) is 14.0 Å². The van der Waals surface area contributed by atoms with E-state index in [2.05, 4.69) is 10.1 Å². The highest BCUT2D eigenvalue weighted by Gasteiger charge is 2.21. The van der Waals surface area contributed by atoms with Gasteiger partial charge in [0.2, 0.25) is 0 Å². The van der Waals surface area contributed by atoms with Crippen molar-refractivity contribution in [2.24, 2.45) is 0 Å². The monoisotopic (exact) mass is 404 g/mol. The molecule has 0 aliphatic rings. The number of anilines is 1. The number of benzene rings is 2. The van der Waals surface area contributed by atoms with E-state index in [1.807, 2.05) is 6.07 Å². The maximum atomic E-state index is 12.5. The van der Waals surface area contributed by atoms with Crippen LogP contribution in [0, 0.1) is 11.3 Å². The molecule has 1 N–H and O–H groups in total. The number of esters is 1. The van der Waals surface area contributed by atoms with Crippen molar-refractivity contribution in [1.29, 1.82) is 5.26 Å². The summed E-state index contributed by atoms with van der Waals surface area (Å²) in [5.74, 6) is -1.71. The number of nitriles is 1. The first kappa shape index (κ1) is 21.6. The van der Waals surface area contributed by atoms with E-state index in [0.29, 0.717) is 11.3 Å². The maximum absolute atomic E-state index is 12.5. The fourth-order valence-electron chi connectivity index (χ4n) is 2.29. The molecule has 0 bridgehead atoms. The van der Waals surface area contributed by atoms with Gasteiger partial charge in [0.05, 0.1) is 23.8 Å². The van der Waals surface area contributed by atoms with Crippen LogP contribution in [0.15, 0.2) is 42.5 Å². The molecule has 9 heteroatoms. The summed E-state index contributed by atoms with van der Waals surface area (Å²) in [6.45, 7) is 0.137. The molecule has 0 saturated heterocycles. The van der Waals surface area contributed by atoms with Crippen LogP contribution in [0.3, 0.4) is 0 Å². The molecule has 2 aromatic carbocycles. The predicted octanol–water partition coefficient (Wildman–Crippen LogP) is 3.74. The average molecular weight is 404 g/mol. The van der Waals surface area contributed by atoms with Gasteiger partial charge in [0.1, 0.15) is 0 Å². The Morgan fingerprint density at radius 1 is 1.17 bits per heavy atom. The van der Waals surface area contributed by atoms with Crippen molar-refractivity contribution in [2.75, 3.05) is 11.9 Å². The Morgan fingerprint density at radius 3 is 2.59 bits per heavy atom. The van der Waals surface area contributed by atoms with Crippen LogP contribution in [-0.2, 0) is 9.53 Å². The third kappa shape index (κ3) is 6.17. The Hall–Kier alpha value is -3.67. The number of carbonyl (C=O) groups excluding carboxylic acids is 2. The van der Waals surface area contributed by atoms with E-state index >= 15 is 0 Å². The Morgan fingerprint density at radius 2 is 1.93 bits per heavy atom. The number of alkyl halides is 2. The molecule has 1 atom stereocenters. The highest BCUT2D eigenvalue weighted by Crippen LogP contribution is 2.30. The van der Waals surface area contributed by atoms with Crippen LogP contribution >= 0.6 is 0 Å². The van der Waals surface area contributed by atoms with Gasteiger partial charge in [-0.1, -0.05) is 6.07 Å². The van der Waals surface area contributed by atoms with Gasteiger partial charge in [0.15, 0.2) is 17.6 Å². The lowest BCUT2D eigenvalue weighted by Crippen LogP contribution is -2.30. The van der Waals surface area contributed by atoms with Crippen molar-refractivity contribution in [2.45, 2.75) is 26.6 Å². The lowest BCUT2D eigenvalue weighted by atomic mass is 10.2. The fraction of sp³-hybridized carbons (Fsp3) is 0.250. The minimum Gasteiger partial charge on any atom is -0.490 e. The molecule has 0 saturated carbocycles. The van der Waals surface area contributed by atoms with E-state index in [9.17, 15) is 18.4 Å². The van der Waals surface area contributed by atoms with Crippen LogP contribution in [0.4, 0.5) is 14.5 Å². The van der Waals surface area contributed by atoms with Crippen LogP contribution in [0.1, 0.15) is 29.8 Å². The molecule has 1 amide bonds. The van der Waals surface area contributed by atoms with Crippen LogP contribution in [-0.4, -0.2) is 31.2 Å². The van der Waals surface area contributed by atoms with Crippen molar-refractivity contribution in [3.8, 4) is 17.6 Å². The Kier molecular flexibility index (Phi) is 7.48. The second kappa shape index (κ2) is 10.0. The summed E-state index contributed by atoms with van der Waals surface area (Å²) in [7, 11) is 0. The molecule has 29 heavy (non-hydrogen) atoms. The number of hydrogen-bond donors (Lipinski definition) is 1. The van der Waals surface area contributed by atoms with Crippen molar-refractivity contribution in [1.82, 2.24) is 0 Å². The first-order chi connectivity index (χ1) is 13.8. The zero-order chi connectivity index (χ0) is 21.4. The molecular weight excluding hydrogens is 386 g/mol. The molecule has 0 unspecified atom stereocenters. The van der Waals surface area contributed by atoms with Crippen LogP contribution in [0.25, 0.3) is 0 Å². The third-order valence-electron chi connectivity index (χ3n) is 3.61. The normalized spacial score (nSPS) is 11.3. The van der Waals surface area contributed by atoms with Gasteiger partial charge in [0, 0.05) is 5.69 Å². The van der Waals surface area contributed by atoms with Crippen molar-refractivity contribution >= 4 is 17.6 Å². The lowest BCUT2D eigenvalue weighted by molar-refractivity contribution is -0.123. The largest absolute Gasteiger partial charge is 0.490 e. The first-order valence-electron chi connectivity index (χ1n) is 8.57. The summed E-state index contributed by atoms with van der Waals surface area (Å²) < 4.78 is 39.6. The predicted molar refractivity (Wildman–Crippen MR) is 98.9 cm³/mol. The third-order valence-corrected chi connectivity index (χ3v) is 3.61. The zero-order valence-corrected chi connectivity index (χ0v) is 15.6. The Bertz CT molecular complexity index is 927. The molecular formula is C20H18F2N2O5. The summed E-state index contributed by atoms with van der Waals surface area (Å²) in [6, 6.07) is 11.8. The highest BCUT2D eigenvalue weighted by molar-refractivity contribution is 5.97. The molecule has 0 aliphatic carbocycles. The van der Waals surface area contributed by atoms with Gasteiger partial charge in [-0.25, -0.2) is 4.79 Å². The number of hydrogen-bond acceptors (Lipinski definition) is 6. The number of rotatable bonds is 8. The molecule has 2 rings (SSSR count). The molecule has 152 valence electrons.